The van der Waals surface area contributed by atoms with E-state index in [1.165, 1.54) is 4.31 Å². The van der Waals surface area contributed by atoms with Gasteiger partial charge in [-0.3, -0.25) is 4.57 Å². The van der Waals surface area contributed by atoms with Crippen molar-refractivity contribution in [2.45, 2.75) is 15.8 Å². The van der Waals surface area contributed by atoms with E-state index in [2.05, 4.69) is 38.3 Å². The summed E-state index contributed by atoms with van der Waals surface area (Å²) in [4.78, 5) is 0.214. The molecule has 0 saturated carbocycles. The molecule has 1 aromatic heterocycles. The Labute approximate surface area is 227 Å². The molecule has 0 radical (unpaired) electrons. The number of sulfonamides is 1. The minimum atomic E-state index is -3.65. The van der Waals surface area contributed by atoms with Crippen LogP contribution in [0.4, 0.5) is 0 Å². The number of nitrogens with zero attached hydrogens (tertiary/aromatic N) is 4. The van der Waals surface area contributed by atoms with Gasteiger partial charge in [0.05, 0.1) is 23.8 Å². The topological polar surface area (TPSA) is 77.3 Å². The molecule has 0 spiro atoms. The molecule has 1 aliphatic rings. The van der Waals surface area contributed by atoms with Crippen molar-refractivity contribution in [3.05, 3.63) is 87.9 Å². The molecule has 0 unspecified atom stereocenters. The van der Waals surface area contributed by atoms with E-state index in [9.17, 15) is 8.42 Å². The third kappa shape index (κ3) is 5.53. The summed E-state index contributed by atoms with van der Waals surface area (Å²) < 4.78 is 36.2. The van der Waals surface area contributed by atoms with Crippen molar-refractivity contribution in [1.82, 2.24) is 19.1 Å². The summed E-state index contributed by atoms with van der Waals surface area (Å²) in [6.07, 6.45) is 0. The van der Waals surface area contributed by atoms with Crippen molar-refractivity contribution in [2.24, 2.45) is 0 Å². The van der Waals surface area contributed by atoms with Crippen LogP contribution in [0.15, 0.2) is 87.3 Å². The predicted molar refractivity (Wildman–Crippen MR) is 145 cm³/mol. The molecule has 1 saturated heterocycles. The fourth-order valence-electron chi connectivity index (χ4n) is 3.86. The summed E-state index contributed by atoms with van der Waals surface area (Å²) >= 11 is 11.3. The summed E-state index contributed by atoms with van der Waals surface area (Å²) in [7, 11) is -3.65. The van der Waals surface area contributed by atoms with Gasteiger partial charge in [0.15, 0.2) is 11.0 Å². The highest BCUT2D eigenvalue weighted by Crippen LogP contribution is 2.32. The molecule has 7 nitrogen and oxygen atoms in total. The highest BCUT2D eigenvalue weighted by molar-refractivity contribution is 9.10. The number of benzene rings is 3. The molecular weight excluding hydrogens is 584 g/mol. The molecular formula is C25H22BrClN4O3S2. The van der Waals surface area contributed by atoms with Crippen molar-refractivity contribution >= 4 is 49.3 Å². The Hall–Kier alpha value is -2.21. The highest BCUT2D eigenvalue weighted by Gasteiger charge is 2.27. The van der Waals surface area contributed by atoms with Crippen molar-refractivity contribution in [1.29, 1.82) is 0 Å². The van der Waals surface area contributed by atoms with Crippen molar-refractivity contribution in [2.75, 3.05) is 26.3 Å². The summed E-state index contributed by atoms with van der Waals surface area (Å²) in [6.45, 7) is 1.45. The minimum Gasteiger partial charge on any atom is -0.379 e. The maximum atomic E-state index is 13.3. The number of ether oxygens (including phenoxy) is 1. The van der Waals surface area contributed by atoms with Crippen LogP contribution >= 0.6 is 39.3 Å². The van der Waals surface area contributed by atoms with Crippen LogP contribution in [0.25, 0.3) is 17.1 Å². The second-order valence-electron chi connectivity index (χ2n) is 8.08. The highest BCUT2D eigenvalue weighted by atomic mass is 79.9. The van der Waals surface area contributed by atoms with E-state index in [4.69, 9.17) is 16.3 Å². The van der Waals surface area contributed by atoms with Gasteiger partial charge >= 0.3 is 0 Å². The molecule has 0 atom stereocenters. The first-order valence-electron chi connectivity index (χ1n) is 11.2. The molecule has 5 rings (SSSR count). The number of rotatable bonds is 7. The summed E-state index contributed by atoms with van der Waals surface area (Å²) in [5.74, 6) is 1.23. The van der Waals surface area contributed by atoms with Crippen LogP contribution in [0.2, 0.25) is 5.02 Å². The first-order chi connectivity index (χ1) is 17.4. The Morgan fingerprint density at radius 3 is 2.47 bits per heavy atom. The van der Waals surface area contributed by atoms with Crippen LogP contribution in [0, 0.1) is 0 Å². The lowest BCUT2D eigenvalue weighted by Crippen LogP contribution is -2.40. The molecule has 1 aliphatic heterocycles. The lowest BCUT2D eigenvalue weighted by Gasteiger charge is -2.26. The van der Waals surface area contributed by atoms with E-state index in [-0.39, 0.29) is 4.90 Å². The van der Waals surface area contributed by atoms with Crippen molar-refractivity contribution in [3.63, 3.8) is 0 Å². The van der Waals surface area contributed by atoms with E-state index >= 15 is 0 Å². The number of hydrogen-bond acceptors (Lipinski definition) is 6. The van der Waals surface area contributed by atoms with E-state index < -0.39 is 10.0 Å². The van der Waals surface area contributed by atoms with E-state index in [1.54, 1.807) is 36.0 Å². The van der Waals surface area contributed by atoms with Crippen molar-refractivity contribution < 1.29 is 13.2 Å². The van der Waals surface area contributed by atoms with Gasteiger partial charge in [0.2, 0.25) is 10.0 Å². The third-order valence-electron chi connectivity index (χ3n) is 5.68. The van der Waals surface area contributed by atoms with Crippen LogP contribution in [-0.4, -0.2) is 53.8 Å². The van der Waals surface area contributed by atoms with Crippen LogP contribution < -0.4 is 0 Å². The van der Waals surface area contributed by atoms with Gasteiger partial charge in [-0.2, -0.15) is 4.31 Å². The lowest BCUT2D eigenvalue weighted by atomic mass is 10.2. The molecule has 186 valence electrons. The van der Waals surface area contributed by atoms with Gasteiger partial charge < -0.3 is 4.74 Å². The number of halogens is 2. The molecule has 2 heterocycles. The van der Waals surface area contributed by atoms with Crippen LogP contribution in [-0.2, 0) is 20.5 Å². The fourth-order valence-corrected chi connectivity index (χ4v) is 6.67. The molecule has 0 amide bonds. The standard InChI is InChI=1S/C25H22BrClN4O3S2/c26-20-9-7-18(8-10-20)17-35-25-29-28-24(31(25)22-5-2-4-21(27)16-22)19-3-1-6-23(15-19)36(32,33)30-11-13-34-14-12-30/h1-10,15-16H,11-14,17H2. The third-order valence-corrected chi connectivity index (χ3v) is 9.34. The monoisotopic (exact) mass is 604 g/mol. The van der Waals surface area contributed by atoms with Crippen molar-refractivity contribution in [3.8, 4) is 17.1 Å². The Balaban J connectivity index is 1.53. The maximum Gasteiger partial charge on any atom is 0.243 e. The quantitative estimate of drug-likeness (QED) is 0.253. The van der Waals surface area contributed by atoms with Crippen LogP contribution in [0.1, 0.15) is 5.56 Å². The average Bonchev–Trinajstić information content (AvgIpc) is 3.33. The lowest BCUT2D eigenvalue weighted by molar-refractivity contribution is 0.0730. The van der Waals surface area contributed by atoms with Crippen LogP contribution in [0.3, 0.4) is 0 Å². The molecule has 4 aromatic rings. The van der Waals surface area contributed by atoms with E-state index in [0.29, 0.717) is 53.6 Å². The van der Waals surface area contributed by atoms with Gasteiger partial charge in [-0.25, -0.2) is 8.42 Å². The predicted octanol–water partition coefficient (Wildman–Crippen LogP) is 5.66. The summed E-state index contributed by atoms with van der Waals surface area (Å²) in [6, 6.07) is 22.4. The Kier molecular flexibility index (Phi) is 7.80. The molecule has 36 heavy (non-hydrogen) atoms. The van der Waals surface area contributed by atoms with Crippen LogP contribution in [0.5, 0.6) is 0 Å². The molecule has 1 fully saturated rings. The zero-order chi connectivity index (χ0) is 25.1. The smallest absolute Gasteiger partial charge is 0.243 e. The SMILES string of the molecule is O=S(=O)(c1cccc(-c2nnc(SCc3ccc(Br)cc3)n2-c2cccc(Cl)c2)c1)N1CCOCC1. The first-order valence-corrected chi connectivity index (χ1v) is 14.8. The van der Waals surface area contributed by atoms with Gasteiger partial charge in [-0.1, -0.05) is 69.6 Å². The number of thioether (sulfide) groups is 1. The second-order valence-corrected chi connectivity index (χ2v) is 12.3. The summed E-state index contributed by atoms with van der Waals surface area (Å²) in [5.41, 5.74) is 2.58. The Morgan fingerprint density at radius 1 is 0.972 bits per heavy atom. The minimum absolute atomic E-state index is 0.214. The molecule has 11 heteroatoms. The normalized spacial score (nSPS) is 14.7. The van der Waals surface area contributed by atoms with Gasteiger partial charge in [-0.05, 0) is 48.0 Å². The molecule has 0 bridgehead atoms. The Morgan fingerprint density at radius 2 is 1.72 bits per heavy atom. The van der Waals surface area contributed by atoms with E-state index in [0.717, 1.165) is 15.7 Å². The van der Waals surface area contributed by atoms with Gasteiger partial charge in [-0.15, -0.1) is 10.2 Å². The van der Waals surface area contributed by atoms with Gasteiger partial charge in [0.1, 0.15) is 0 Å². The van der Waals surface area contributed by atoms with E-state index in [1.807, 2.05) is 41.0 Å². The largest absolute Gasteiger partial charge is 0.379 e. The fraction of sp³-hybridized carbons (Fsp3) is 0.200. The average molecular weight is 606 g/mol. The zero-order valence-corrected chi connectivity index (χ0v) is 23.0. The second kappa shape index (κ2) is 11.0. The Bertz CT molecular complexity index is 1470. The maximum absolute atomic E-state index is 13.3. The zero-order valence-electron chi connectivity index (χ0n) is 19.0. The number of aromatic nitrogens is 3. The summed E-state index contributed by atoms with van der Waals surface area (Å²) in [5, 5.41) is 10.2. The molecule has 0 aliphatic carbocycles. The molecule has 3 aromatic carbocycles. The number of morpholine rings is 1. The first kappa shape index (κ1) is 25.4. The van der Waals surface area contributed by atoms with Gasteiger partial charge in [0, 0.05) is 33.9 Å². The number of hydrogen-bond donors (Lipinski definition) is 0. The molecule has 0 N–H and O–H groups in total. The van der Waals surface area contributed by atoms with Gasteiger partial charge in [0.25, 0.3) is 0 Å².